The Labute approximate surface area is 142 Å². The van der Waals surface area contributed by atoms with E-state index in [0.717, 1.165) is 40.8 Å². The van der Waals surface area contributed by atoms with Crippen molar-refractivity contribution in [1.82, 2.24) is 4.98 Å². The number of phenolic OH excluding ortho intramolecular Hbond substituents is 1. The summed E-state index contributed by atoms with van der Waals surface area (Å²) in [7, 11) is 0. The molecule has 3 rings (SSSR count). The Morgan fingerprint density at radius 1 is 1.25 bits per heavy atom. The first-order valence-corrected chi connectivity index (χ1v) is 8.16. The van der Waals surface area contributed by atoms with Crippen LogP contribution in [0.5, 0.6) is 17.4 Å². The van der Waals surface area contributed by atoms with Crippen molar-refractivity contribution >= 4 is 5.69 Å². The topological polar surface area (TPSA) is 77.6 Å². The predicted molar refractivity (Wildman–Crippen MR) is 93.8 cm³/mol. The Kier molecular flexibility index (Phi) is 4.03. The highest BCUT2D eigenvalue weighted by atomic mass is 16.5. The SMILES string of the molecule is Cc1c(C)c2c(c(C)c1O)CCC(C)(COc1ccc(N)cn1)O2. The number of nitrogens with two attached hydrogens (primary N) is 1. The Morgan fingerprint density at radius 2 is 2.00 bits per heavy atom. The highest BCUT2D eigenvalue weighted by Gasteiger charge is 2.35. The zero-order chi connectivity index (χ0) is 17.5. The van der Waals surface area contributed by atoms with Crippen molar-refractivity contribution in [3.05, 3.63) is 40.6 Å². The third-order valence-corrected chi connectivity index (χ3v) is 4.88. The van der Waals surface area contributed by atoms with Gasteiger partial charge < -0.3 is 20.3 Å². The van der Waals surface area contributed by atoms with Crippen LogP contribution < -0.4 is 15.2 Å². The Hall–Kier alpha value is -2.43. The van der Waals surface area contributed by atoms with Gasteiger partial charge in [0.05, 0.1) is 11.9 Å². The molecule has 1 aliphatic rings. The molecular formula is C19H24N2O3. The van der Waals surface area contributed by atoms with Crippen LogP contribution in [-0.2, 0) is 6.42 Å². The van der Waals surface area contributed by atoms with E-state index in [4.69, 9.17) is 15.2 Å². The first-order chi connectivity index (χ1) is 11.3. The molecule has 2 heterocycles. The zero-order valence-electron chi connectivity index (χ0n) is 14.6. The second kappa shape index (κ2) is 5.89. The number of hydrogen-bond acceptors (Lipinski definition) is 5. The van der Waals surface area contributed by atoms with Gasteiger partial charge in [0, 0.05) is 11.6 Å². The average molecular weight is 328 g/mol. The van der Waals surface area contributed by atoms with Gasteiger partial charge in [0.15, 0.2) is 0 Å². The lowest BCUT2D eigenvalue weighted by Crippen LogP contribution is -2.42. The number of pyridine rings is 1. The molecule has 1 aliphatic heterocycles. The Morgan fingerprint density at radius 3 is 2.67 bits per heavy atom. The fraction of sp³-hybridized carbons (Fsp3) is 0.421. The number of rotatable bonds is 3. The molecule has 0 spiro atoms. The maximum Gasteiger partial charge on any atom is 0.213 e. The van der Waals surface area contributed by atoms with Crippen LogP contribution >= 0.6 is 0 Å². The van der Waals surface area contributed by atoms with Crippen LogP contribution in [0, 0.1) is 20.8 Å². The lowest BCUT2D eigenvalue weighted by Gasteiger charge is -2.37. The van der Waals surface area contributed by atoms with Crippen LogP contribution in [0.1, 0.15) is 35.6 Å². The molecule has 0 amide bonds. The summed E-state index contributed by atoms with van der Waals surface area (Å²) in [5.74, 6) is 1.79. The van der Waals surface area contributed by atoms with Gasteiger partial charge in [-0.15, -0.1) is 0 Å². The summed E-state index contributed by atoms with van der Waals surface area (Å²) in [6, 6.07) is 3.52. The average Bonchev–Trinajstić information content (AvgIpc) is 2.57. The Balaban J connectivity index is 1.82. The van der Waals surface area contributed by atoms with E-state index in [1.54, 1.807) is 18.3 Å². The number of anilines is 1. The maximum absolute atomic E-state index is 10.2. The highest BCUT2D eigenvalue weighted by molar-refractivity contribution is 5.58. The minimum atomic E-state index is -0.434. The summed E-state index contributed by atoms with van der Waals surface area (Å²) in [5, 5.41) is 10.2. The third-order valence-electron chi connectivity index (χ3n) is 4.88. The summed E-state index contributed by atoms with van der Waals surface area (Å²) in [6.07, 6.45) is 3.25. The van der Waals surface area contributed by atoms with Gasteiger partial charge in [-0.3, -0.25) is 0 Å². The lowest BCUT2D eigenvalue weighted by molar-refractivity contribution is 0.0152. The molecule has 0 bridgehead atoms. The number of fused-ring (bicyclic) bond motifs is 1. The number of hydrogen-bond donors (Lipinski definition) is 2. The number of benzene rings is 1. The number of phenols is 1. The molecule has 24 heavy (non-hydrogen) atoms. The summed E-state index contributed by atoms with van der Waals surface area (Å²) in [5.41, 5.74) is 9.69. The van der Waals surface area contributed by atoms with Gasteiger partial charge in [-0.25, -0.2) is 4.98 Å². The Bertz CT molecular complexity index is 771. The molecule has 0 saturated carbocycles. The molecular weight excluding hydrogens is 304 g/mol. The first kappa shape index (κ1) is 16.4. The van der Waals surface area contributed by atoms with Crippen LogP contribution in [0.2, 0.25) is 0 Å². The largest absolute Gasteiger partial charge is 0.507 e. The van der Waals surface area contributed by atoms with E-state index < -0.39 is 5.60 Å². The third kappa shape index (κ3) is 2.86. The standard InChI is InChI=1S/C19H24N2O3/c1-11-12(2)18-15(13(3)17(11)22)7-8-19(4,24-18)10-23-16-6-5-14(20)9-21-16/h5-6,9,22H,7-8,10,20H2,1-4H3. The number of ether oxygens (including phenoxy) is 2. The van der Waals surface area contributed by atoms with Crippen LogP contribution in [0.4, 0.5) is 5.69 Å². The quantitative estimate of drug-likeness (QED) is 0.902. The van der Waals surface area contributed by atoms with E-state index in [1.807, 2.05) is 27.7 Å². The molecule has 0 radical (unpaired) electrons. The molecule has 5 nitrogen and oxygen atoms in total. The van der Waals surface area contributed by atoms with Gasteiger partial charge >= 0.3 is 0 Å². The van der Waals surface area contributed by atoms with Gasteiger partial charge in [-0.1, -0.05) is 0 Å². The minimum absolute atomic E-state index is 0.376. The van der Waals surface area contributed by atoms with Crippen molar-refractivity contribution in [2.75, 3.05) is 12.3 Å². The van der Waals surface area contributed by atoms with Gasteiger partial charge in [0.25, 0.3) is 0 Å². The van der Waals surface area contributed by atoms with E-state index in [0.29, 0.717) is 23.9 Å². The molecule has 0 fully saturated rings. The number of aromatic hydroxyl groups is 1. The summed E-state index contributed by atoms with van der Waals surface area (Å²) in [6.45, 7) is 8.30. The van der Waals surface area contributed by atoms with Crippen LogP contribution in [-0.4, -0.2) is 22.3 Å². The van der Waals surface area contributed by atoms with Crippen molar-refractivity contribution in [3.63, 3.8) is 0 Å². The van der Waals surface area contributed by atoms with Crippen LogP contribution in [0.3, 0.4) is 0 Å². The van der Waals surface area contributed by atoms with Crippen molar-refractivity contribution < 1.29 is 14.6 Å². The summed E-state index contributed by atoms with van der Waals surface area (Å²) in [4.78, 5) is 4.16. The lowest BCUT2D eigenvalue weighted by atomic mass is 9.87. The van der Waals surface area contributed by atoms with Crippen molar-refractivity contribution in [3.8, 4) is 17.4 Å². The van der Waals surface area contributed by atoms with E-state index in [2.05, 4.69) is 4.98 Å². The summed E-state index contributed by atoms with van der Waals surface area (Å²) < 4.78 is 12.1. The molecule has 1 aromatic carbocycles. The molecule has 2 aromatic rings. The van der Waals surface area contributed by atoms with Crippen molar-refractivity contribution in [2.24, 2.45) is 0 Å². The molecule has 1 atom stereocenters. The molecule has 3 N–H and O–H groups in total. The molecule has 0 saturated heterocycles. The van der Waals surface area contributed by atoms with E-state index in [1.165, 1.54) is 0 Å². The molecule has 1 unspecified atom stereocenters. The van der Waals surface area contributed by atoms with Crippen molar-refractivity contribution in [2.45, 2.75) is 46.1 Å². The van der Waals surface area contributed by atoms with Crippen LogP contribution in [0.25, 0.3) is 0 Å². The second-order valence-corrected chi connectivity index (χ2v) is 6.80. The van der Waals surface area contributed by atoms with E-state index in [-0.39, 0.29) is 0 Å². The van der Waals surface area contributed by atoms with Gasteiger partial charge in [-0.05, 0) is 63.3 Å². The van der Waals surface area contributed by atoms with Crippen molar-refractivity contribution in [1.29, 1.82) is 0 Å². The monoisotopic (exact) mass is 328 g/mol. The first-order valence-electron chi connectivity index (χ1n) is 8.16. The van der Waals surface area contributed by atoms with E-state index in [9.17, 15) is 5.11 Å². The van der Waals surface area contributed by atoms with Gasteiger partial charge in [0.2, 0.25) is 5.88 Å². The molecule has 0 aliphatic carbocycles. The molecule has 5 heteroatoms. The predicted octanol–water partition coefficient (Wildman–Crippen LogP) is 3.46. The molecule has 128 valence electrons. The van der Waals surface area contributed by atoms with E-state index >= 15 is 0 Å². The van der Waals surface area contributed by atoms with Gasteiger partial charge in [-0.2, -0.15) is 0 Å². The highest BCUT2D eigenvalue weighted by Crippen LogP contribution is 2.43. The van der Waals surface area contributed by atoms with Gasteiger partial charge in [0.1, 0.15) is 23.7 Å². The maximum atomic E-state index is 10.2. The minimum Gasteiger partial charge on any atom is -0.507 e. The second-order valence-electron chi connectivity index (χ2n) is 6.80. The number of nitrogens with zero attached hydrogens (tertiary/aromatic N) is 1. The summed E-state index contributed by atoms with van der Waals surface area (Å²) >= 11 is 0. The zero-order valence-corrected chi connectivity index (χ0v) is 14.6. The number of aromatic nitrogens is 1. The fourth-order valence-corrected chi connectivity index (χ4v) is 3.10. The van der Waals surface area contributed by atoms with Crippen LogP contribution in [0.15, 0.2) is 18.3 Å². The normalized spacial score (nSPS) is 19.5. The smallest absolute Gasteiger partial charge is 0.213 e. The number of nitrogen functional groups attached to an aromatic ring is 1. The molecule has 1 aromatic heterocycles. The fourth-order valence-electron chi connectivity index (χ4n) is 3.10.